The molecule has 0 aliphatic carbocycles. The number of hydrogen-bond donors (Lipinski definition) is 1. The van der Waals surface area contributed by atoms with Crippen molar-refractivity contribution < 1.29 is 9.15 Å². The second-order valence-corrected chi connectivity index (χ2v) is 5.22. The average molecular weight is 261 g/mol. The number of hydrogen-bond acceptors (Lipinski definition) is 3. The number of nitrogens with one attached hydrogen (secondary N) is 1. The third-order valence-electron chi connectivity index (χ3n) is 3.28. The van der Waals surface area contributed by atoms with Crippen LogP contribution in [0.3, 0.4) is 0 Å². The van der Waals surface area contributed by atoms with Gasteiger partial charge in [0.1, 0.15) is 5.76 Å². The van der Waals surface area contributed by atoms with Gasteiger partial charge in [0, 0.05) is 10.9 Å². The lowest BCUT2D eigenvalue weighted by Crippen LogP contribution is -2.19. The van der Waals surface area contributed by atoms with Crippen LogP contribution < -0.4 is 10.1 Å². The summed E-state index contributed by atoms with van der Waals surface area (Å²) >= 11 is 0. The van der Waals surface area contributed by atoms with E-state index in [4.69, 9.17) is 9.15 Å². The van der Waals surface area contributed by atoms with Gasteiger partial charge in [0.15, 0.2) is 11.3 Å². The lowest BCUT2D eigenvalue weighted by molar-refractivity contribution is 0.405. The molecule has 0 bridgehead atoms. The summed E-state index contributed by atoms with van der Waals surface area (Å²) in [6, 6.07) is 6.06. The highest BCUT2D eigenvalue weighted by Crippen LogP contribution is 2.32. The molecule has 0 fully saturated rings. The van der Waals surface area contributed by atoms with Crippen molar-refractivity contribution in [2.45, 2.75) is 33.7 Å². The smallest absolute Gasteiger partial charge is 0.176 e. The van der Waals surface area contributed by atoms with E-state index in [1.165, 1.54) is 10.9 Å². The molecule has 19 heavy (non-hydrogen) atoms. The number of aryl methyl sites for hydroxylation is 1. The first-order valence-corrected chi connectivity index (χ1v) is 6.95. The van der Waals surface area contributed by atoms with E-state index in [2.05, 4.69) is 32.2 Å². The number of fused-ring (bicyclic) bond motifs is 1. The second-order valence-electron chi connectivity index (χ2n) is 5.22. The van der Waals surface area contributed by atoms with Crippen molar-refractivity contribution in [3.8, 4) is 5.75 Å². The minimum atomic E-state index is 0.643. The number of rotatable bonds is 6. The maximum absolute atomic E-state index is 6.01. The predicted octanol–water partition coefficient (Wildman–Crippen LogP) is 3.75. The van der Waals surface area contributed by atoms with Crippen LogP contribution >= 0.6 is 0 Å². The van der Waals surface area contributed by atoms with Gasteiger partial charge in [-0.15, -0.1) is 0 Å². The summed E-state index contributed by atoms with van der Waals surface area (Å²) in [6.07, 6.45) is 0.971. The maximum Gasteiger partial charge on any atom is 0.176 e. The molecule has 0 radical (unpaired) electrons. The zero-order valence-electron chi connectivity index (χ0n) is 12.2. The van der Waals surface area contributed by atoms with Gasteiger partial charge in [-0.05, 0) is 24.9 Å². The maximum atomic E-state index is 6.01. The van der Waals surface area contributed by atoms with Gasteiger partial charge in [0.25, 0.3) is 0 Å². The van der Waals surface area contributed by atoms with Crippen molar-refractivity contribution in [3.05, 3.63) is 29.5 Å². The molecule has 2 rings (SSSR count). The standard InChI is InChI=1S/C16H23NO2/c1-5-12-13-7-6-8-14(18-4)16(13)19-15(12)10-17-9-11(2)3/h6-8,11,17H,5,9-10H2,1-4H3. The van der Waals surface area contributed by atoms with Crippen molar-refractivity contribution in [2.24, 2.45) is 5.92 Å². The van der Waals surface area contributed by atoms with Crippen LogP contribution in [0.4, 0.5) is 0 Å². The molecule has 1 N–H and O–H groups in total. The Bertz CT molecular complexity index is 543. The molecule has 0 unspecified atom stereocenters. The first-order chi connectivity index (χ1) is 9.17. The zero-order valence-corrected chi connectivity index (χ0v) is 12.2. The predicted molar refractivity (Wildman–Crippen MR) is 78.7 cm³/mol. The molecular formula is C16H23NO2. The fraction of sp³-hybridized carbons (Fsp3) is 0.500. The third kappa shape index (κ3) is 2.92. The van der Waals surface area contributed by atoms with Crippen molar-refractivity contribution in [1.82, 2.24) is 5.32 Å². The van der Waals surface area contributed by atoms with Gasteiger partial charge in [-0.2, -0.15) is 0 Å². The lowest BCUT2D eigenvalue weighted by Gasteiger charge is -2.06. The number of benzene rings is 1. The zero-order chi connectivity index (χ0) is 13.8. The Morgan fingerprint density at radius 3 is 2.74 bits per heavy atom. The SMILES string of the molecule is CCc1c(CNCC(C)C)oc2c(OC)cccc12. The quantitative estimate of drug-likeness (QED) is 0.860. The number of ether oxygens (including phenoxy) is 1. The van der Waals surface area contributed by atoms with Crippen LogP contribution in [-0.2, 0) is 13.0 Å². The molecule has 0 amide bonds. The molecule has 3 nitrogen and oxygen atoms in total. The van der Waals surface area contributed by atoms with Crippen LogP contribution in [0.1, 0.15) is 32.1 Å². The molecule has 0 atom stereocenters. The van der Waals surface area contributed by atoms with Gasteiger partial charge in [0.05, 0.1) is 13.7 Å². The van der Waals surface area contributed by atoms with Crippen LogP contribution in [0.25, 0.3) is 11.0 Å². The Labute approximate surface area is 114 Å². The molecule has 0 aliphatic heterocycles. The topological polar surface area (TPSA) is 34.4 Å². The van der Waals surface area contributed by atoms with Gasteiger partial charge in [-0.1, -0.05) is 32.9 Å². The Hall–Kier alpha value is -1.48. The fourth-order valence-corrected chi connectivity index (χ4v) is 2.36. The van der Waals surface area contributed by atoms with Gasteiger partial charge < -0.3 is 14.5 Å². The van der Waals surface area contributed by atoms with E-state index in [0.29, 0.717) is 5.92 Å². The minimum absolute atomic E-state index is 0.643. The average Bonchev–Trinajstić information content (AvgIpc) is 2.75. The first kappa shape index (κ1) is 13.9. The molecule has 2 aromatic rings. The van der Waals surface area contributed by atoms with Crippen LogP contribution in [-0.4, -0.2) is 13.7 Å². The van der Waals surface area contributed by atoms with Gasteiger partial charge in [0.2, 0.25) is 0 Å². The van der Waals surface area contributed by atoms with Crippen molar-refractivity contribution in [1.29, 1.82) is 0 Å². The Morgan fingerprint density at radius 2 is 2.11 bits per heavy atom. The van der Waals surface area contributed by atoms with E-state index in [-0.39, 0.29) is 0 Å². The normalized spacial score (nSPS) is 11.4. The summed E-state index contributed by atoms with van der Waals surface area (Å²) in [6.45, 7) is 8.34. The van der Waals surface area contributed by atoms with Crippen molar-refractivity contribution in [3.63, 3.8) is 0 Å². The summed E-state index contributed by atoms with van der Waals surface area (Å²) in [5, 5.41) is 4.61. The molecule has 1 aromatic heterocycles. The van der Waals surface area contributed by atoms with Crippen LogP contribution in [0.15, 0.2) is 22.6 Å². The number of para-hydroxylation sites is 1. The molecule has 104 valence electrons. The lowest BCUT2D eigenvalue weighted by atomic mass is 10.1. The van der Waals surface area contributed by atoms with Crippen LogP contribution in [0, 0.1) is 5.92 Å². The fourth-order valence-electron chi connectivity index (χ4n) is 2.36. The molecule has 0 spiro atoms. The molecule has 0 aliphatic rings. The van der Waals surface area contributed by atoms with E-state index >= 15 is 0 Å². The summed E-state index contributed by atoms with van der Waals surface area (Å²) in [5.41, 5.74) is 2.15. The Balaban J connectivity index is 2.32. The minimum Gasteiger partial charge on any atom is -0.493 e. The molecule has 3 heteroatoms. The van der Waals surface area contributed by atoms with E-state index in [0.717, 1.165) is 36.6 Å². The summed E-state index contributed by atoms with van der Waals surface area (Å²) < 4.78 is 11.4. The van der Waals surface area contributed by atoms with Gasteiger partial charge in [-0.3, -0.25) is 0 Å². The molecule has 1 aromatic carbocycles. The molecule has 0 saturated heterocycles. The summed E-state index contributed by atoms with van der Waals surface area (Å²) in [5.74, 6) is 2.48. The second kappa shape index (κ2) is 6.11. The van der Waals surface area contributed by atoms with Crippen molar-refractivity contribution in [2.75, 3.05) is 13.7 Å². The Kier molecular flexibility index (Phi) is 4.48. The van der Waals surface area contributed by atoms with E-state index in [9.17, 15) is 0 Å². The van der Waals surface area contributed by atoms with E-state index < -0.39 is 0 Å². The number of methoxy groups -OCH3 is 1. The van der Waals surface area contributed by atoms with Gasteiger partial charge >= 0.3 is 0 Å². The highest BCUT2D eigenvalue weighted by molar-refractivity contribution is 5.87. The third-order valence-corrected chi connectivity index (χ3v) is 3.28. The van der Waals surface area contributed by atoms with E-state index in [1.54, 1.807) is 7.11 Å². The first-order valence-electron chi connectivity index (χ1n) is 6.95. The van der Waals surface area contributed by atoms with Crippen molar-refractivity contribution >= 4 is 11.0 Å². The molecule has 0 saturated carbocycles. The van der Waals surface area contributed by atoms with E-state index in [1.807, 2.05) is 12.1 Å². The van der Waals surface area contributed by atoms with Crippen LogP contribution in [0.5, 0.6) is 5.75 Å². The number of furan rings is 1. The van der Waals surface area contributed by atoms with Gasteiger partial charge in [-0.25, -0.2) is 0 Å². The molecular weight excluding hydrogens is 238 g/mol. The summed E-state index contributed by atoms with van der Waals surface area (Å²) in [7, 11) is 1.68. The summed E-state index contributed by atoms with van der Waals surface area (Å²) in [4.78, 5) is 0. The Morgan fingerprint density at radius 1 is 1.32 bits per heavy atom. The highest BCUT2D eigenvalue weighted by atomic mass is 16.5. The monoisotopic (exact) mass is 261 g/mol. The highest BCUT2D eigenvalue weighted by Gasteiger charge is 2.15. The largest absolute Gasteiger partial charge is 0.493 e. The van der Waals surface area contributed by atoms with Crippen LogP contribution in [0.2, 0.25) is 0 Å². The molecule has 1 heterocycles.